The van der Waals surface area contributed by atoms with Crippen LogP contribution in [0.25, 0.3) is 0 Å². The Morgan fingerprint density at radius 1 is 1.50 bits per heavy atom. The van der Waals surface area contributed by atoms with Crippen LogP contribution in [0.5, 0.6) is 0 Å². The molecule has 0 unspecified atom stereocenters. The molecule has 92 valence electrons. The Morgan fingerprint density at radius 3 is 3.17 bits per heavy atom. The number of aromatic nitrogens is 2. The molecule has 0 aromatic carbocycles. The molecule has 0 aliphatic carbocycles. The molecule has 2 heterocycles. The largest absolute Gasteiger partial charge is 0.384 e. The predicted octanol–water partition coefficient (Wildman–Crippen LogP) is 2.48. The minimum atomic E-state index is -0.100. The molecule has 18 heavy (non-hydrogen) atoms. The van der Waals surface area contributed by atoms with Crippen molar-refractivity contribution in [1.29, 1.82) is 0 Å². The molecule has 0 aliphatic heterocycles. The van der Waals surface area contributed by atoms with E-state index in [4.69, 9.17) is 5.11 Å². The fourth-order valence-electron chi connectivity index (χ4n) is 1.29. The van der Waals surface area contributed by atoms with Crippen LogP contribution in [0.1, 0.15) is 16.1 Å². The standard InChI is InChI=1S/C13H12N2OS2/c1-10-4-5-14-13(15-10)18-9-12-7-11(8-17-12)3-2-6-16/h4-5,7-8,16H,6,9H2,1H3. The summed E-state index contributed by atoms with van der Waals surface area (Å²) in [6.45, 7) is 1.86. The highest BCUT2D eigenvalue weighted by Crippen LogP contribution is 2.23. The fraction of sp³-hybridized carbons (Fsp3) is 0.231. The van der Waals surface area contributed by atoms with Gasteiger partial charge in [0.2, 0.25) is 0 Å². The van der Waals surface area contributed by atoms with Crippen LogP contribution in [-0.4, -0.2) is 21.7 Å². The number of aliphatic hydroxyl groups excluding tert-OH is 1. The van der Waals surface area contributed by atoms with Gasteiger partial charge < -0.3 is 5.11 Å². The summed E-state index contributed by atoms with van der Waals surface area (Å²) in [7, 11) is 0. The van der Waals surface area contributed by atoms with E-state index in [0.29, 0.717) is 0 Å². The van der Waals surface area contributed by atoms with Gasteiger partial charge in [0.15, 0.2) is 5.16 Å². The average molecular weight is 276 g/mol. The SMILES string of the molecule is Cc1ccnc(SCc2cc(C#CCO)cs2)n1. The van der Waals surface area contributed by atoms with Gasteiger partial charge in [0.25, 0.3) is 0 Å². The number of nitrogens with zero attached hydrogens (tertiary/aromatic N) is 2. The van der Waals surface area contributed by atoms with Crippen LogP contribution >= 0.6 is 23.1 Å². The minimum Gasteiger partial charge on any atom is -0.384 e. The van der Waals surface area contributed by atoms with Gasteiger partial charge in [0, 0.05) is 33.5 Å². The normalized spacial score (nSPS) is 9.89. The van der Waals surface area contributed by atoms with Crippen molar-refractivity contribution in [2.45, 2.75) is 17.8 Å². The lowest BCUT2D eigenvalue weighted by Crippen LogP contribution is -1.88. The summed E-state index contributed by atoms with van der Waals surface area (Å²) in [4.78, 5) is 9.78. The third-order valence-electron chi connectivity index (χ3n) is 2.08. The molecular formula is C13H12N2OS2. The zero-order valence-electron chi connectivity index (χ0n) is 9.88. The summed E-state index contributed by atoms with van der Waals surface area (Å²) in [6, 6.07) is 3.92. The highest BCUT2D eigenvalue weighted by Gasteiger charge is 2.02. The molecule has 0 aliphatic rings. The summed E-state index contributed by atoms with van der Waals surface area (Å²) < 4.78 is 0. The molecule has 2 aromatic rings. The lowest BCUT2D eigenvalue weighted by atomic mass is 10.3. The predicted molar refractivity (Wildman–Crippen MR) is 74.6 cm³/mol. The Hall–Kier alpha value is -1.35. The molecular weight excluding hydrogens is 264 g/mol. The summed E-state index contributed by atoms with van der Waals surface area (Å²) in [5.41, 5.74) is 1.93. The molecule has 0 saturated carbocycles. The average Bonchev–Trinajstić information content (AvgIpc) is 2.82. The Balaban J connectivity index is 1.96. The molecule has 0 bridgehead atoms. The highest BCUT2D eigenvalue weighted by atomic mass is 32.2. The van der Waals surface area contributed by atoms with Crippen LogP contribution < -0.4 is 0 Å². The van der Waals surface area contributed by atoms with E-state index >= 15 is 0 Å². The Morgan fingerprint density at radius 2 is 2.39 bits per heavy atom. The first-order chi connectivity index (χ1) is 8.78. The van der Waals surface area contributed by atoms with Gasteiger partial charge >= 0.3 is 0 Å². The number of aliphatic hydroxyl groups is 1. The van der Waals surface area contributed by atoms with E-state index in [2.05, 4.69) is 21.8 Å². The van der Waals surface area contributed by atoms with Crippen LogP contribution in [-0.2, 0) is 5.75 Å². The number of thioether (sulfide) groups is 1. The molecule has 1 N–H and O–H groups in total. The maximum atomic E-state index is 8.62. The van der Waals surface area contributed by atoms with E-state index in [0.717, 1.165) is 22.2 Å². The van der Waals surface area contributed by atoms with Gasteiger partial charge in [-0.3, -0.25) is 0 Å². The number of rotatable bonds is 3. The van der Waals surface area contributed by atoms with Crippen LogP contribution in [0.2, 0.25) is 0 Å². The van der Waals surface area contributed by atoms with Crippen molar-refractivity contribution >= 4 is 23.1 Å². The van der Waals surface area contributed by atoms with Crippen LogP contribution in [0.3, 0.4) is 0 Å². The van der Waals surface area contributed by atoms with Gasteiger partial charge in [0.05, 0.1) is 0 Å². The molecule has 2 rings (SSSR count). The van der Waals surface area contributed by atoms with Gasteiger partial charge in [-0.05, 0) is 19.1 Å². The molecule has 0 radical (unpaired) electrons. The number of aryl methyl sites for hydroxylation is 1. The van der Waals surface area contributed by atoms with Gasteiger partial charge in [-0.2, -0.15) is 0 Å². The Kier molecular flexibility index (Phi) is 4.76. The van der Waals surface area contributed by atoms with Gasteiger partial charge in [-0.15, -0.1) is 11.3 Å². The van der Waals surface area contributed by atoms with E-state index in [1.807, 2.05) is 24.4 Å². The zero-order valence-corrected chi connectivity index (χ0v) is 11.5. The van der Waals surface area contributed by atoms with Gasteiger partial charge in [-0.1, -0.05) is 23.6 Å². The van der Waals surface area contributed by atoms with Crippen molar-refractivity contribution in [3.05, 3.63) is 39.8 Å². The van der Waals surface area contributed by atoms with Crippen molar-refractivity contribution < 1.29 is 5.11 Å². The Labute approximate surface area is 114 Å². The maximum absolute atomic E-state index is 8.62. The smallest absolute Gasteiger partial charge is 0.188 e. The van der Waals surface area contributed by atoms with Crippen molar-refractivity contribution in [1.82, 2.24) is 9.97 Å². The van der Waals surface area contributed by atoms with Crippen molar-refractivity contribution in [3.8, 4) is 11.8 Å². The third kappa shape index (κ3) is 3.84. The molecule has 0 amide bonds. The fourth-order valence-corrected chi connectivity index (χ4v) is 3.04. The van der Waals surface area contributed by atoms with E-state index in [9.17, 15) is 0 Å². The lowest BCUT2D eigenvalue weighted by Gasteiger charge is -1.98. The third-order valence-corrected chi connectivity index (χ3v) is 4.11. The lowest BCUT2D eigenvalue weighted by molar-refractivity contribution is 0.350. The Bertz CT molecular complexity index is 584. The van der Waals surface area contributed by atoms with Crippen LogP contribution in [0, 0.1) is 18.8 Å². The first kappa shape index (κ1) is 13.1. The maximum Gasteiger partial charge on any atom is 0.188 e. The second kappa shape index (κ2) is 6.55. The second-order valence-corrected chi connectivity index (χ2v) is 5.47. The van der Waals surface area contributed by atoms with Gasteiger partial charge in [-0.25, -0.2) is 9.97 Å². The van der Waals surface area contributed by atoms with E-state index in [-0.39, 0.29) is 6.61 Å². The number of hydrogen-bond donors (Lipinski definition) is 1. The monoisotopic (exact) mass is 276 g/mol. The van der Waals surface area contributed by atoms with E-state index < -0.39 is 0 Å². The van der Waals surface area contributed by atoms with Crippen molar-refractivity contribution in [2.24, 2.45) is 0 Å². The molecule has 5 heteroatoms. The molecule has 0 spiro atoms. The number of thiophene rings is 1. The highest BCUT2D eigenvalue weighted by molar-refractivity contribution is 7.98. The topological polar surface area (TPSA) is 46.0 Å². The molecule has 0 atom stereocenters. The minimum absolute atomic E-state index is 0.100. The molecule has 0 fully saturated rings. The summed E-state index contributed by atoms with van der Waals surface area (Å²) in [6.07, 6.45) is 1.78. The van der Waals surface area contributed by atoms with Crippen LogP contribution in [0.15, 0.2) is 28.9 Å². The van der Waals surface area contributed by atoms with E-state index in [1.165, 1.54) is 4.88 Å². The zero-order chi connectivity index (χ0) is 12.8. The quantitative estimate of drug-likeness (QED) is 0.531. The summed E-state index contributed by atoms with van der Waals surface area (Å²) in [5, 5.41) is 11.4. The summed E-state index contributed by atoms with van der Waals surface area (Å²) in [5.74, 6) is 6.37. The van der Waals surface area contributed by atoms with Crippen LogP contribution in [0.4, 0.5) is 0 Å². The van der Waals surface area contributed by atoms with E-state index in [1.54, 1.807) is 29.3 Å². The second-order valence-electron chi connectivity index (χ2n) is 3.53. The summed E-state index contributed by atoms with van der Waals surface area (Å²) >= 11 is 3.28. The molecule has 0 saturated heterocycles. The van der Waals surface area contributed by atoms with Gasteiger partial charge in [0.1, 0.15) is 6.61 Å². The number of hydrogen-bond acceptors (Lipinski definition) is 5. The van der Waals surface area contributed by atoms with Crippen molar-refractivity contribution in [3.63, 3.8) is 0 Å². The first-order valence-electron chi connectivity index (χ1n) is 5.37. The molecule has 2 aromatic heterocycles. The van der Waals surface area contributed by atoms with Crippen molar-refractivity contribution in [2.75, 3.05) is 6.61 Å². The molecule has 3 nitrogen and oxygen atoms in total. The first-order valence-corrected chi connectivity index (χ1v) is 7.24.